The predicted octanol–water partition coefficient (Wildman–Crippen LogP) is 2.61. The molecule has 1 aliphatic rings. The summed E-state index contributed by atoms with van der Waals surface area (Å²) in [5, 5.41) is 2.75. The Kier molecular flexibility index (Phi) is 3.99. The second-order valence-corrected chi connectivity index (χ2v) is 5.40. The smallest absolute Gasteiger partial charge is 0.253 e. The number of Topliss-reactive ketones (excluding diaryl/α,β-unsaturated/α-hetero) is 1. The van der Waals surface area contributed by atoms with Gasteiger partial charge in [0.15, 0.2) is 5.78 Å². The van der Waals surface area contributed by atoms with Crippen molar-refractivity contribution in [3.05, 3.63) is 22.5 Å². The summed E-state index contributed by atoms with van der Waals surface area (Å²) in [5.74, 6) is 0.101. The summed E-state index contributed by atoms with van der Waals surface area (Å²) in [6, 6.07) is 0.452. The minimum absolute atomic E-state index is 0.0592. The van der Waals surface area contributed by atoms with Crippen LogP contribution in [0.15, 0.2) is 0 Å². The van der Waals surface area contributed by atoms with Crippen molar-refractivity contribution in [3.8, 4) is 0 Å². The third-order valence-electron chi connectivity index (χ3n) is 3.57. The molecule has 1 aromatic heterocycles. The van der Waals surface area contributed by atoms with Crippen LogP contribution in [0.5, 0.6) is 0 Å². The first-order valence-electron chi connectivity index (χ1n) is 6.55. The van der Waals surface area contributed by atoms with Crippen molar-refractivity contribution in [2.24, 2.45) is 0 Å². The van der Waals surface area contributed by atoms with E-state index in [1.54, 1.807) is 0 Å². The molecular weight excluding hydrogens is 264 g/mol. The molecule has 104 valence electrons. The van der Waals surface area contributed by atoms with Crippen LogP contribution < -0.4 is 5.32 Å². The van der Waals surface area contributed by atoms with E-state index in [-0.39, 0.29) is 11.7 Å². The van der Waals surface area contributed by atoms with E-state index < -0.39 is 0 Å². The number of ketones is 1. The zero-order chi connectivity index (χ0) is 14.2. The highest BCUT2D eigenvalue weighted by Gasteiger charge is 2.32. The van der Waals surface area contributed by atoms with Gasteiger partial charge in [0, 0.05) is 29.9 Å². The van der Waals surface area contributed by atoms with E-state index in [0.717, 1.165) is 24.2 Å². The number of aromatic nitrogens is 1. The van der Waals surface area contributed by atoms with E-state index in [4.69, 9.17) is 11.6 Å². The highest BCUT2D eigenvalue weighted by Crippen LogP contribution is 2.40. The molecule has 0 aromatic carbocycles. The average molecular weight is 283 g/mol. The van der Waals surface area contributed by atoms with Gasteiger partial charge in [-0.15, -0.1) is 11.6 Å². The van der Waals surface area contributed by atoms with E-state index in [1.165, 1.54) is 6.92 Å². The first-order chi connectivity index (χ1) is 8.99. The fraction of sp³-hybridized carbons (Fsp3) is 0.571. The highest BCUT2D eigenvalue weighted by atomic mass is 35.5. The van der Waals surface area contributed by atoms with Gasteiger partial charge in [-0.05, 0) is 33.6 Å². The lowest BCUT2D eigenvalue weighted by Crippen LogP contribution is -2.27. The molecule has 0 radical (unpaired) electrons. The van der Waals surface area contributed by atoms with E-state index in [0.29, 0.717) is 29.6 Å². The lowest BCUT2D eigenvalue weighted by molar-refractivity contribution is 0.0940. The van der Waals surface area contributed by atoms with E-state index in [1.807, 2.05) is 13.8 Å². The van der Waals surface area contributed by atoms with Crippen molar-refractivity contribution in [1.82, 2.24) is 9.88 Å². The van der Waals surface area contributed by atoms with E-state index >= 15 is 0 Å². The molecule has 19 heavy (non-hydrogen) atoms. The molecule has 1 aliphatic carbocycles. The Balaban J connectivity index is 2.48. The second kappa shape index (κ2) is 5.37. The minimum Gasteiger partial charge on any atom is -0.351 e. The summed E-state index contributed by atoms with van der Waals surface area (Å²) in [6.07, 6.45) is 2.24. The summed E-state index contributed by atoms with van der Waals surface area (Å²) < 4.78 is 2.13. The molecule has 0 spiro atoms. The van der Waals surface area contributed by atoms with Crippen LogP contribution in [0.1, 0.15) is 57.9 Å². The number of nitrogens with zero attached hydrogens (tertiary/aromatic N) is 1. The third-order valence-corrected chi connectivity index (χ3v) is 3.76. The Morgan fingerprint density at radius 3 is 2.32 bits per heavy atom. The first-order valence-corrected chi connectivity index (χ1v) is 7.09. The molecular formula is C14H19ClN2O2. The maximum atomic E-state index is 12.2. The molecule has 0 unspecified atom stereocenters. The number of hydrogen-bond donors (Lipinski definition) is 1. The average Bonchev–Trinajstić information content (AvgIpc) is 3.12. The number of hydrogen-bond acceptors (Lipinski definition) is 2. The quantitative estimate of drug-likeness (QED) is 0.667. The highest BCUT2D eigenvalue weighted by molar-refractivity contribution is 6.18. The topological polar surface area (TPSA) is 51.1 Å². The Bertz CT molecular complexity index is 530. The fourth-order valence-electron chi connectivity index (χ4n) is 2.69. The Labute approximate surface area is 118 Å². The summed E-state index contributed by atoms with van der Waals surface area (Å²) >= 11 is 5.59. The summed E-state index contributed by atoms with van der Waals surface area (Å²) in [5.41, 5.74) is 2.86. The maximum absolute atomic E-state index is 12.2. The van der Waals surface area contributed by atoms with E-state index in [2.05, 4.69) is 9.88 Å². The minimum atomic E-state index is -0.203. The monoisotopic (exact) mass is 282 g/mol. The van der Waals surface area contributed by atoms with Gasteiger partial charge in [-0.2, -0.15) is 0 Å². The van der Waals surface area contributed by atoms with Crippen LogP contribution in [0.4, 0.5) is 0 Å². The van der Waals surface area contributed by atoms with Crippen molar-refractivity contribution in [3.63, 3.8) is 0 Å². The molecule has 5 heteroatoms. The SMILES string of the molecule is CC(=O)c1c(C(=O)NCCCl)c(C)n(C2CC2)c1C. The molecule has 2 rings (SSSR count). The number of carbonyl (C=O) groups is 2. The largest absolute Gasteiger partial charge is 0.351 e. The predicted molar refractivity (Wildman–Crippen MR) is 75.2 cm³/mol. The van der Waals surface area contributed by atoms with Gasteiger partial charge < -0.3 is 9.88 Å². The molecule has 1 amide bonds. The Morgan fingerprint density at radius 2 is 1.84 bits per heavy atom. The zero-order valence-electron chi connectivity index (χ0n) is 11.5. The van der Waals surface area contributed by atoms with Gasteiger partial charge in [-0.1, -0.05) is 0 Å². The van der Waals surface area contributed by atoms with Crippen molar-refractivity contribution >= 4 is 23.3 Å². The maximum Gasteiger partial charge on any atom is 0.253 e. The fourth-order valence-corrected chi connectivity index (χ4v) is 2.79. The van der Waals surface area contributed by atoms with Crippen molar-refractivity contribution in [1.29, 1.82) is 0 Å². The van der Waals surface area contributed by atoms with Gasteiger partial charge in [0.25, 0.3) is 5.91 Å². The van der Waals surface area contributed by atoms with Crippen LogP contribution >= 0.6 is 11.6 Å². The van der Waals surface area contributed by atoms with Crippen LogP contribution in [-0.2, 0) is 0 Å². The number of amides is 1. The van der Waals surface area contributed by atoms with Crippen molar-refractivity contribution in [2.45, 2.75) is 39.7 Å². The van der Waals surface area contributed by atoms with Crippen LogP contribution in [0.25, 0.3) is 0 Å². The van der Waals surface area contributed by atoms with Crippen LogP contribution in [0.3, 0.4) is 0 Å². The standard InChI is InChI=1S/C14H19ClN2O2/c1-8-12(10(3)18)13(14(19)16-7-6-15)9(2)17(8)11-4-5-11/h11H,4-7H2,1-3H3,(H,16,19). The van der Waals surface area contributed by atoms with Gasteiger partial charge in [0.1, 0.15) is 0 Å². The molecule has 0 saturated heterocycles. The molecule has 0 bridgehead atoms. The molecule has 0 atom stereocenters. The number of carbonyl (C=O) groups excluding carboxylic acids is 2. The third kappa shape index (κ3) is 2.54. The van der Waals surface area contributed by atoms with Crippen molar-refractivity contribution in [2.75, 3.05) is 12.4 Å². The molecule has 1 heterocycles. The molecule has 1 saturated carbocycles. The first kappa shape index (κ1) is 14.1. The molecule has 1 N–H and O–H groups in total. The van der Waals surface area contributed by atoms with Crippen molar-refractivity contribution < 1.29 is 9.59 Å². The number of halogens is 1. The van der Waals surface area contributed by atoms with Crippen LogP contribution in [-0.4, -0.2) is 28.7 Å². The van der Waals surface area contributed by atoms with Gasteiger partial charge in [0.05, 0.1) is 11.1 Å². The molecule has 1 aromatic rings. The summed E-state index contributed by atoms with van der Waals surface area (Å²) in [6.45, 7) is 5.75. The number of rotatable bonds is 5. The van der Waals surface area contributed by atoms with Crippen LogP contribution in [0, 0.1) is 13.8 Å². The lowest BCUT2D eigenvalue weighted by atomic mass is 10.1. The van der Waals surface area contributed by atoms with E-state index in [9.17, 15) is 9.59 Å². The normalized spacial score (nSPS) is 14.5. The van der Waals surface area contributed by atoms with Gasteiger partial charge in [-0.3, -0.25) is 9.59 Å². The summed E-state index contributed by atoms with van der Waals surface area (Å²) in [7, 11) is 0. The van der Waals surface area contributed by atoms with Gasteiger partial charge in [0.2, 0.25) is 0 Å². The van der Waals surface area contributed by atoms with Crippen LogP contribution in [0.2, 0.25) is 0 Å². The second-order valence-electron chi connectivity index (χ2n) is 5.02. The van der Waals surface area contributed by atoms with Gasteiger partial charge >= 0.3 is 0 Å². The molecule has 0 aliphatic heterocycles. The molecule has 4 nitrogen and oxygen atoms in total. The zero-order valence-corrected chi connectivity index (χ0v) is 12.3. The Hall–Kier alpha value is -1.29. The van der Waals surface area contributed by atoms with Gasteiger partial charge in [-0.25, -0.2) is 0 Å². The molecule has 1 fully saturated rings. The Morgan fingerprint density at radius 1 is 1.26 bits per heavy atom. The summed E-state index contributed by atoms with van der Waals surface area (Å²) in [4.78, 5) is 24.1. The number of alkyl halides is 1. The number of nitrogens with one attached hydrogen (secondary N) is 1. The lowest BCUT2D eigenvalue weighted by Gasteiger charge is -2.07.